The molecule has 0 bridgehead atoms. The highest BCUT2D eigenvalue weighted by atomic mass is 32.1. The molecule has 19 heavy (non-hydrogen) atoms. The molecule has 0 fully saturated rings. The first-order chi connectivity index (χ1) is 9.20. The minimum absolute atomic E-state index is 0.917. The van der Waals surface area contributed by atoms with E-state index in [0.717, 1.165) is 31.9 Å². The van der Waals surface area contributed by atoms with Gasteiger partial charge in [-0.15, -0.1) is 11.3 Å². The average molecular weight is 273 g/mol. The summed E-state index contributed by atoms with van der Waals surface area (Å²) < 4.78 is 0. The number of hydrogen-bond donors (Lipinski definition) is 0. The molecule has 2 aromatic rings. The van der Waals surface area contributed by atoms with Crippen LogP contribution in [-0.2, 0) is 26.2 Å². The predicted molar refractivity (Wildman–Crippen MR) is 78.9 cm³/mol. The molecule has 0 unspecified atom stereocenters. The van der Waals surface area contributed by atoms with E-state index in [0.29, 0.717) is 0 Å². The van der Waals surface area contributed by atoms with Gasteiger partial charge in [-0.3, -0.25) is 9.80 Å². The van der Waals surface area contributed by atoms with Crippen LogP contribution in [0.1, 0.15) is 22.4 Å². The molecule has 1 aliphatic heterocycles. The van der Waals surface area contributed by atoms with Crippen LogP contribution in [0.2, 0.25) is 0 Å². The van der Waals surface area contributed by atoms with Crippen molar-refractivity contribution in [3.63, 3.8) is 0 Å². The first-order valence-electron chi connectivity index (χ1n) is 6.55. The summed E-state index contributed by atoms with van der Waals surface area (Å²) in [6.45, 7) is 4.07. The lowest BCUT2D eigenvalue weighted by Crippen LogP contribution is -2.17. The Hall–Kier alpha value is -1.23. The highest BCUT2D eigenvalue weighted by Gasteiger charge is 2.15. The second kappa shape index (κ2) is 5.41. The van der Waals surface area contributed by atoms with Crippen LogP contribution in [0.25, 0.3) is 0 Å². The van der Waals surface area contributed by atoms with Gasteiger partial charge in [0.05, 0.1) is 11.2 Å². The van der Waals surface area contributed by atoms with E-state index < -0.39 is 0 Å². The molecule has 0 aliphatic carbocycles. The maximum absolute atomic E-state index is 4.34. The van der Waals surface area contributed by atoms with Crippen LogP contribution < -0.4 is 0 Å². The van der Waals surface area contributed by atoms with Gasteiger partial charge < -0.3 is 0 Å². The maximum atomic E-state index is 4.34. The van der Waals surface area contributed by atoms with E-state index in [9.17, 15) is 0 Å². The zero-order chi connectivity index (χ0) is 13.2. The third-order valence-corrected chi connectivity index (χ3v) is 4.15. The van der Waals surface area contributed by atoms with Crippen molar-refractivity contribution in [3.05, 3.63) is 51.5 Å². The van der Waals surface area contributed by atoms with Crippen molar-refractivity contribution in [2.75, 3.05) is 14.1 Å². The fraction of sp³-hybridized carbons (Fsp3) is 0.400. The van der Waals surface area contributed by atoms with Crippen molar-refractivity contribution >= 4 is 11.3 Å². The fourth-order valence-electron chi connectivity index (χ4n) is 2.68. The van der Waals surface area contributed by atoms with E-state index in [4.69, 9.17) is 0 Å². The summed E-state index contributed by atoms with van der Waals surface area (Å²) in [7, 11) is 4.33. The number of benzene rings is 1. The Morgan fingerprint density at radius 3 is 2.89 bits per heavy atom. The Morgan fingerprint density at radius 2 is 2.11 bits per heavy atom. The number of nitrogens with zero attached hydrogens (tertiary/aromatic N) is 3. The summed E-state index contributed by atoms with van der Waals surface area (Å²) in [5, 5.41) is 2.12. The molecule has 0 atom stereocenters. The Balaban J connectivity index is 1.65. The average Bonchev–Trinajstić information content (AvgIpc) is 2.96. The molecule has 4 heteroatoms. The maximum Gasteiger partial charge on any atom is 0.0795 e. The third kappa shape index (κ3) is 3.03. The lowest BCUT2D eigenvalue weighted by atomic mass is 10.1. The van der Waals surface area contributed by atoms with E-state index in [1.807, 2.05) is 5.51 Å². The molecule has 2 heterocycles. The van der Waals surface area contributed by atoms with Gasteiger partial charge in [0.25, 0.3) is 0 Å². The largest absolute Gasteiger partial charge is 0.298 e. The molecular weight excluding hydrogens is 254 g/mol. The molecule has 1 aromatic heterocycles. The highest BCUT2D eigenvalue weighted by molar-refractivity contribution is 7.07. The van der Waals surface area contributed by atoms with E-state index >= 15 is 0 Å². The van der Waals surface area contributed by atoms with Gasteiger partial charge in [0.2, 0.25) is 0 Å². The van der Waals surface area contributed by atoms with Crippen molar-refractivity contribution in [3.8, 4) is 0 Å². The topological polar surface area (TPSA) is 19.4 Å². The van der Waals surface area contributed by atoms with Crippen molar-refractivity contribution in [2.45, 2.75) is 26.2 Å². The van der Waals surface area contributed by atoms with Gasteiger partial charge in [0.1, 0.15) is 0 Å². The molecule has 0 N–H and O–H groups in total. The molecule has 3 rings (SSSR count). The first kappa shape index (κ1) is 12.8. The zero-order valence-corrected chi connectivity index (χ0v) is 12.3. The first-order valence-corrected chi connectivity index (χ1v) is 7.50. The molecule has 100 valence electrons. The van der Waals surface area contributed by atoms with Gasteiger partial charge in [-0.25, -0.2) is 4.98 Å². The highest BCUT2D eigenvalue weighted by Crippen LogP contribution is 2.23. The second-order valence-electron chi connectivity index (χ2n) is 5.43. The van der Waals surface area contributed by atoms with Crippen molar-refractivity contribution in [1.29, 1.82) is 0 Å². The van der Waals surface area contributed by atoms with Crippen LogP contribution in [0.4, 0.5) is 0 Å². The van der Waals surface area contributed by atoms with Crippen LogP contribution in [0.3, 0.4) is 0 Å². The molecule has 0 spiro atoms. The number of fused-ring (bicyclic) bond motifs is 1. The Bertz CT molecular complexity index is 551. The van der Waals surface area contributed by atoms with E-state index in [1.54, 1.807) is 11.3 Å². The number of aromatic nitrogens is 1. The standard InChI is InChI=1S/C15H19N3S/c1-17(9-15-10-19-11-16-15)6-12-3-4-13-7-18(2)8-14(13)5-12/h3-5,10-11H,6-9H2,1-2H3. The summed E-state index contributed by atoms with van der Waals surface area (Å²) in [5.41, 5.74) is 7.42. The number of rotatable bonds is 4. The Morgan fingerprint density at radius 1 is 1.26 bits per heavy atom. The Kier molecular flexibility index (Phi) is 3.64. The normalized spacial score (nSPS) is 15.1. The SMILES string of the molecule is CN(Cc1ccc2c(c1)CN(C)C2)Cc1cscn1. The molecular formula is C15H19N3S. The summed E-state index contributed by atoms with van der Waals surface area (Å²) in [6.07, 6.45) is 0. The van der Waals surface area contributed by atoms with Crippen LogP contribution in [-0.4, -0.2) is 28.9 Å². The van der Waals surface area contributed by atoms with Crippen molar-refractivity contribution < 1.29 is 0 Å². The third-order valence-electron chi connectivity index (χ3n) is 3.52. The van der Waals surface area contributed by atoms with Crippen LogP contribution >= 0.6 is 11.3 Å². The van der Waals surface area contributed by atoms with Gasteiger partial charge in [0, 0.05) is 31.6 Å². The molecule has 3 nitrogen and oxygen atoms in total. The summed E-state index contributed by atoms with van der Waals surface area (Å²) in [6, 6.07) is 6.90. The molecule has 0 saturated heterocycles. The minimum atomic E-state index is 0.917. The van der Waals surface area contributed by atoms with E-state index in [1.165, 1.54) is 16.7 Å². The van der Waals surface area contributed by atoms with Gasteiger partial charge in [-0.1, -0.05) is 18.2 Å². The van der Waals surface area contributed by atoms with E-state index in [2.05, 4.69) is 52.5 Å². The number of thiazole rings is 1. The fourth-order valence-corrected chi connectivity index (χ4v) is 3.23. The molecule has 0 saturated carbocycles. The summed E-state index contributed by atoms with van der Waals surface area (Å²) in [5.74, 6) is 0. The quantitative estimate of drug-likeness (QED) is 0.854. The minimum Gasteiger partial charge on any atom is -0.298 e. The van der Waals surface area contributed by atoms with Crippen LogP contribution in [0.5, 0.6) is 0 Å². The van der Waals surface area contributed by atoms with Gasteiger partial charge in [-0.05, 0) is 30.8 Å². The number of hydrogen-bond acceptors (Lipinski definition) is 4. The summed E-state index contributed by atoms with van der Waals surface area (Å²) in [4.78, 5) is 9.01. The smallest absolute Gasteiger partial charge is 0.0795 e. The van der Waals surface area contributed by atoms with Crippen LogP contribution in [0, 0.1) is 0 Å². The van der Waals surface area contributed by atoms with Gasteiger partial charge in [0.15, 0.2) is 0 Å². The lowest BCUT2D eigenvalue weighted by molar-refractivity contribution is 0.315. The van der Waals surface area contributed by atoms with E-state index in [-0.39, 0.29) is 0 Å². The molecule has 1 aromatic carbocycles. The predicted octanol–water partition coefficient (Wildman–Crippen LogP) is 2.72. The van der Waals surface area contributed by atoms with Crippen molar-refractivity contribution in [1.82, 2.24) is 14.8 Å². The van der Waals surface area contributed by atoms with Crippen molar-refractivity contribution in [2.24, 2.45) is 0 Å². The monoisotopic (exact) mass is 273 g/mol. The van der Waals surface area contributed by atoms with Gasteiger partial charge >= 0.3 is 0 Å². The second-order valence-corrected chi connectivity index (χ2v) is 6.15. The summed E-state index contributed by atoms with van der Waals surface area (Å²) >= 11 is 1.66. The zero-order valence-electron chi connectivity index (χ0n) is 11.5. The van der Waals surface area contributed by atoms with Crippen LogP contribution in [0.15, 0.2) is 29.1 Å². The molecule has 1 aliphatic rings. The Labute approximate surface area is 118 Å². The molecule has 0 radical (unpaired) electrons. The molecule has 0 amide bonds. The lowest BCUT2D eigenvalue weighted by Gasteiger charge is -2.16. The van der Waals surface area contributed by atoms with Gasteiger partial charge in [-0.2, -0.15) is 0 Å².